The Morgan fingerprint density at radius 2 is 2.64 bits per heavy atom. The summed E-state index contributed by atoms with van der Waals surface area (Å²) in [5.41, 5.74) is 0. The maximum atomic E-state index is 10.8. The zero-order chi connectivity index (χ0) is 8.27. The summed E-state index contributed by atoms with van der Waals surface area (Å²) in [6.07, 6.45) is 0. The molecule has 0 aromatic rings. The largest absolute Gasteiger partial charge is 0.295 e. The van der Waals surface area contributed by atoms with E-state index in [4.69, 9.17) is 12.2 Å². The first-order valence-corrected chi connectivity index (χ1v) is 5.61. The number of thiocarbonyl (C=S) groups is 1. The quantitative estimate of drug-likeness (QED) is 0.688. The highest BCUT2D eigenvalue weighted by Crippen LogP contribution is 2.23. The van der Waals surface area contributed by atoms with Gasteiger partial charge in [-0.25, -0.2) is 0 Å². The third-order valence-electron chi connectivity index (χ3n) is 1.23. The summed E-state index contributed by atoms with van der Waals surface area (Å²) in [4.78, 5) is 10.8. The minimum Gasteiger partial charge on any atom is -0.295 e. The van der Waals surface area contributed by atoms with Crippen molar-refractivity contribution < 1.29 is 4.79 Å². The number of ketones is 1. The highest BCUT2D eigenvalue weighted by molar-refractivity contribution is 8.47. The molecule has 0 spiro atoms. The lowest BCUT2D eigenvalue weighted by Gasteiger charge is -2.24. The molecule has 1 aliphatic rings. The molecule has 0 bridgehead atoms. The molecule has 0 saturated carbocycles. The summed E-state index contributed by atoms with van der Waals surface area (Å²) in [5, 5.41) is 2.94. The van der Waals surface area contributed by atoms with Crippen LogP contribution in [0.5, 0.6) is 0 Å². The number of hydrogen-bond acceptors (Lipinski definition) is 5. The number of hydrogen-bond donors (Lipinski definition) is 1. The number of carbonyl (C=O) groups is 1. The number of Topliss-reactive ketones (excluding diaryl/α,β-unsaturated/α-hetero) is 1. The van der Waals surface area contributed by atoms with Crippen LogP contribution in [0.2, 0.25) is 0 Å². The molecular formula is C6H9NOS3. The number of rotatable bonds is 2. The van der Waals surface area contributed by atoms with Crippen molar-refractivity contribution in [2.24, 2.45) is 0 Å². The van der Waals surface area contributed by atoms with Gasteiger partial charge in [-0.2, -0.15) is 0 Å². The Morgan fingerprint density at radius 3 is 3.00 bits per heavy atom. The van der Waals surface area contributed by atoms with E-state index in [-0.39, 0.29) is 11.2 Å². The smallest absolute Gasteiger partial charge is 0.174 e. The van der Waals surface area contributed by atoms with Crippen LogP contribution in [-0.4, -0.2) is 27.0 Å². The summed E-state index contributed by atoms with van der Waals surface area (Å²) in [6.45, 7) is 2.56. The molecule has 1 N–H and O–H groups in total. The van der Waals surface area contributed by atoms with Crippen molar-refractivity contribution in [1.82, 2.24) is 5.32 Å². The van der Waals surface area contributed by atoms with Crippen LogP contribution < -0.4 is 5.32 Å². The van der Waals surface area contributed by atoms with E-state index in [0.717, 1.165) is 9.28 Å². The van der Waals surface area contributed by atoms with Gasteiger partial charge in [0.25, 0.3) is 0 Å². The van der Waals surface area contributed by atoms with E-state index in [0.29, 0.717) is 6.54 Å². The van der Waals surface area contributed by atoms with Crippen LogP contribution in [0.3, 0.4) is 0 Å². The number of thioether (sulfide) groups is 2. The van der Waals surface area contributed by atoms with Gasteiger partial charge in [0.05, 0.1) is 6.54 Å². The van der Waals surface area contributed by atoms with Gasteiger partial charge in [0.2, 0.25) is 0 Å². The summed E-state index contributed by atoms with van der Waals surface area (Å²) in [5.74, 6) is 1.24. The monoisotopic (exact) mass is 207 g/mol. The fraction of sp³-hybridized carbons (Fsp3) is 0.667. The molecule has 1 rings (SSSR count). The second kappa shape index (κ2) is 4.45. The second-order valence-electron chi connectivity index (χ2n) is 2.03. The van der Waals surface area contributed by atoms with E-state index in [2.05, 4.69) is 5.32 Å². The molecule has 1 atom stereocenters. The van der Waals surface area contributed by atoms with Crippen LogP contribution in [0.25, 0.3) is 0 Å². The maximum absolute atomic E-state index is 10.8. The molecule has 5 heteroatoms. The minimum atomic E-state index is -0.0541. The Labute approximate surface area is 79.9 Å². The summed E-state index contributed by atoms with van der Waals surface area (Å²) in [7, 11) is 0. The lowest BCUT2D eigenvalue weighted by atomic mass is 10.3. The summed E-state index contributed by atoms with van der Waals surface area (Å²) < 4.78 is 0.859. The first-order chi connectivity index (χ1) is 5.24. The van der Waals surface area contributed by atoms with Gasteiger partial charge in [-0.1, -0.05) is 30.9 Å². The molecule has 62 valence electrons. The van der Waals surface area contributed by atoms with Crippen LogP contribution in [-0.2, 0) is 4.79 Å². The Hall–Kier alpha value is 0.420. The highest BCUT2D eigenvalue weighted by atomic mass is 32.2. The van der Waals surface area contributed by atoms with Gasteiger partial charge in [0, 0.05) is 0 Å². The molecule has 1 aliphatic heterocycles. The SMILES string of the molecule is CCSC(=S)S[C@@H]1NCC1=O. The number of nitrogens with one attached hydrogen (secondary N) is 1. The van der Waals surface area contributed by atoms with Crippen molar-refractivity contribution in [1.29, 1.82) is 0 Å². The first-order valence-electron chi connectivity index (χ1n) is 3.33. The van der Waals surface area contributed by atoms with E-state index in [1.807, 2.05) is 6.92 Å². The molecule has 1 heterocycles. The van der Waals surface area contributed by atoms with Gasteiger partial charge < -0.3 is 0 Å². The molecule has 0 radical (unpaired) electrons. The van der Waals surface area contributed by atoms with E-state index in [1.165, 1.54) is 11.8 Å². The average molecular weight is 207 g/mol. The Bertz CT molecular complexity index is 183. The predicted octanol–water partition coefficient (Wildman–Crippen LogP) is 1.26. The molecule has 0 amide bonds. The maximum Gasteiger partial charge on any atom is 0.174 e. The molecule has 0 aromatic carbocycles. The van der Waals surface area contributed by atoms with Crippen LogP contribution in [0.1, 0.15) is 6.92 Å². The van der Waals surface area contributed by atoms with Crippen LogP contribution in [0, 0.1) is 0 Å². The van der Waals surface area contributed by atoms with Crippen molar-refractivity contribution in [2.45, 2.75) is 12.3 Å². The second-order valence-corrected chi connectivity index (χ2v) is 5.60. The van der Waals surface area contributed by atoms with Gasteiger partial charge in [-0.15, -0.1) is 11.8 Å². The topological polar surface area (TPSA) is 29.1 Å². The summed E-state index contributed by atoms with van der Waals surface area (Å²) >= 11 is 8.08. The Kier molecular flexibility index (Phi) is 3.84. The fourth-order valence-corrected chi connectivity index (χ4v) is 2.99. The van der Waals surface area contributed by atoms with Crippen molar-refractivity contribution in [3.8, 4) is 0 Å². The minimum absolute atomic E-state index is 0.0541. The van der Waals surface area contributed by atoms with Crippen LogP contribution >= 0.6 is 35.7 Å². The highest BCUT2D eigenvalue weighted by Gasteiger charge is 2.28. The Balaban J connectivity index is 2.19. The summed E-state index contributed by atoms with van der Waals surface area (Å²) in [6, 6.07) is 0. The molecule has 0 aromatic heterocycles. The molecule has 0 unspecified atom stereocenters. The zero-order valence-electron chi connectivity index (χ0n) is 6.12. The molecule has 11 heavy (non-hydrogen) atoms. The third kappa shape index (κ3) is 2.74. The van der Waals surface area contributed by atoms with Crippen molar-refractivity contribution >= 4 is 45.1 Å². The van der Waals surface area contributed by atoms with E-state index < -0.39 is 0 Å². The van der Waals surface area contributed by atoms with E-state index >= 15 is 0 Å². The molecule has 0 aliphatic carbocycles. The lowest BCUT2D eigenvalue weighted by molar-refractivity contribution is -0.122. The average Bonchev–Trinajstić information content (AvgIpc) is 1.98. The molecule has 2 nitrogen and oxygen atoms in total. The molecular weight excluding hydrogens is 198 g/mol. The van der Waals surface area contributed by atoms with E-state index in [1.54, 1.807) is 11.8 Å². The Morgan fingerprint density at radius 1 is 1.91 bits per heavy atom. The molecule has 1 fully saturated rings. The van der Waals surface area contributed by atoms with Crippen molar-refractivity contribution in [3.63, 3.8) is 0 Å². The van der Waals surface area contributed by atoms with Gasteiger partial charge in [-0.05, 0) is 5.75 Å². The third-order valence-corrected chi connectivity index (χ3v) is 3.90. The van der Waals surface area contributed by atoms with Gasteiger partial charge in [0.1, 0.15) is 8.90 Å². The van der Waals surface area contributed by atoms with Crippen molar-refractivity contribution in [2.75, 3.05) is 12.3 Å². The van der Waals surface area contributed by atoms with Crippen LogP contribution in [0.4, 0.5) is 0 Å². The van der Waals surface area contributed by atoms with Gasteiger partial charge in [-0.3, -0.25) is 10.1 Å². The van der Waals surface area contributed by atoms with Crippen molar-refractivity contribution in [3.05, 3.63) is 0 Å². The first kappa shape index (κ1) is 9.51. The zero-order valence-corrected chi connectivity index (χ0v) is 8.57. The fourth-order valence-electron chi connectivity index (χ4n) is 0.624. The van der Waals surface area contributed by atoms with Crippen LogP contribution in [0.15, 0.2) is 0 Å². The predicted molar refractivity (Wildman–Crippen MR) is 55.1 cm³/mol. The van der Waals surface area contributed by atoms with E-state index in [9.17, 15) is 4.79 Å². The normalized spacial score (nSPS) is 23.0. The standard InChI is InChI=1S/C6H9NOS3/c1-2-10-6(9)11-5-4(8)3-7-5/h5,7H,2-3H2,1H3/t5-/m0/s1. The molecule has 1 saturated heterocycles. The number of carbonyl (C=O) groups excluding carboxylic acids is 1. The van der Waals surface area contributed by atoms with Gasteiger partial charge in [0.15, 0.2) is 5.78 Å². The van der Waals surface area contributed by atoms with Gasteiger partial charge >= 0.3 is 0 Å². The lowest BCUT2D eigenvalue weighted by Crippen LogP contribution is -2.51.